The van der Waals surface area contributed by atoms with Crippen LogP contribution in [0.25, 0.3) is 0 Å². The van der Waals surface area contributed by atoms with E-state index in [2.05, 4.69) is 24.1 Å². The van der Waals surface area contributed by atoms with Crippen LogP contribution in [-0.4, -0.2) is 37.1 Å². The molecule has 0 aromatic carbocycles. The molecule has 2 saturated carbocycles. The molecule has 17 heavy (non-hydrogen) atoms. The van der Waals surface area contributed by atoms with Crippen LogP contribution in [0.1, 0.15) is 52.4 Å². The Balaban J connectivity index is 1.47. The Morgan fingerprint density at radius 1 is 1.12 bits per heavy atom. The lowest BCUT2D eigenvalue weighted by molar-refractivity contribution is 0.252. The van der Waals surface area contributed by atoms with Gasteiger partial charge in [0.15, 0.2) is 0 Å². The van der Waals surface area contributed by atoms with Gasteiger partial charge in [0, 0.05) is 25.7 Å². The largest absolute Gasteiger partial charge is 0.315 e. The first-order valence-electron chi connectivity index (χ1n) is 7.70. The van der Waals surface area contributed by atoms with Gasteiger partial charge in [-0.25, -0.2) is 0 Å². The first-order chi connectivity index (χ1) is 8.25. The second-order valence-electron chi connectivity index (χ2n) is 6.46. The van der Waals surface area contributed by atoms with E-state index in [0.29, 0.717) is 0 Å². The third-order valence-corrected chi connectivity index (χ3v) is 3.96. The van der Waals surface area contributed by atoms with Gasteiger partial charge in [0.25, 0.3) is 0 Å². The highest BCUT2D eigenvalue weighted by Crippen LogP contribution is 2.34. The molecular weight excluding hydrogens is 208 g/mol. The van der Waals surface area contributed by atoms with Crippen LogP contribution >= 0.6 is 0 Å². The van der Waals surface area contributed by atoms with Crippen LogP contribution in [0.15, 0.2) is 0 Å². The normalized spacial score (nSPS) is 20.5. The molecule has 0 aliphatic heterocycles. The van der Waals surface area contributed by atoms with E-state index in [0.717, 1.165) is 17.9 Å². The topological polar surface area (TPSA) is 15.3 Å². The maximum absolute atomic E-state index is 3.61. The van der Waals surface area contributed by atoms with Gasteiger partial charge in [-0.1, -0.05) is 13.8 Å². The summed E-state index contributed by atoms with van der Waals surface area (Å²) in [6.07, 6.45) is 8.60. The lowest BCUT2D eigenvalue weighted by Crippen LogP contribution is -2.35. The number of hydrogen-bond acceptors (Lipinski definition) is 2. The van der Waals surface area contributed by atoms with Crippen molar-refractivity contribution < 1.29 is 0 Å². The predicted molar refractivity (Wildman–Crippen MR) is 74.3 cm³/mol. The SMILES string of the molecule is CC(C)CCCNCCN(CC1CC1)C1CC1. The van der Waals surface area contributed by atoms with Crippen molar-refractivity contribution in [1.29, 1.82) is 0 Å². The minimum Gasteiger partial charge on any atom is -0.315 e. The molecule has 0 spiro atoms. The zero-order chi connectivity index (χ0) is 12.1. The molecule has 0 atom stereocenters. The van der Waals surface area contributed by atoms with Gasteiger partial charge in [0.2, 0.25) is 0 Å². The maximum atomic E-state index is 3.61. The summed E-state index contributed by atoms with van der Waals surface area (Å²) in [6, 6.07) is 0.952. The van der Waals surface area contributed by atoms with Gasteiger partial charge in [-0.05, 0) is 56.9 Å². The van der Waals surface area contributed by atoms with E-state index in [4.69, 9.17) is 0 Å². The zero-order valence-electron chi connectivity index (χ0n) is 11.8. The molecule has 1 N–H and O–H groups in total. The zero-order valence-corrected chi connectivity index (χ0v) is 11.8. The summed E-state index contributed by atoms with van der Waals surface area (Å²) in [7, 11) is 0. The van der Waals surface area contributed by atoms with E-state index in [1.807, 2.05) is 0 Å². The smallest absolute Gasteiger partial charge is 0.0110 e. The highest BCUT2D eigenvalue weighted by atomic mass is 15.2. The molecule has 0 bridgehead atoms. The summed E-state index contributed by atoms with van der Waals surface area (Å²) >= 11 is 0. The molecule has 0 radical (unpaired) electrons. The molecular formula is C15H30N2. The second kappa shape index (κ2) is 6.75. The van der Waals surface area contributed by atoms with Crippen molar-refractivity contribution in [3.05, 3.63) is 0 Å². The van der Waals surface area contributed by atoms with E-state index in [1.54, 1.807) is 0 Å². The van der Waals surface area contributed by atoms with Crippen LogP contribution in [0.5, 0.6) is 0 Å². The van der Waals surface area contributed by atoms with E-state index in [-0.39, 0.29) is 0 Å². The molecule has 0 unspecified atom stereocenters. The Labute approximate surface area is 107 Å². The molecule has 0 aromatic heterocycles. The number of rotatable bonds is 10. The fraction of sp³-hybridized carbons (Fsp3) is 1.00. The Kier molecular flexibility index (Phi) is 5.30. The molecule has 2 heteroatoms. The number of hydrogen-bond donors (Lipinski definition) is 1. The third-order valence-electron chi connectivity index (χ3n) is 3.96. The molecule has 0 heterocycles. The Morgan fingerprint density at radius 3 is 2.47 bits per heavy atom. The van der Waals surface area contributed by atoms with Gasteiger partial charge in [0.1, 0.15) is 0 Å². The van der Waals surface area contributed by atoms with Crippen LogP contribution in [0.4, 0.5) is 0 Å². The van der Waals surface area contributed by atoms with Crippen LogP contribution in [0.2, 0.25) is 0 Å². The lowest BCUT2D eigenvalue weighted by atomic mass is 10.1. The molecule has 2 rings (SSSR count). The van der Waals surface area contributed by atoms with E-state index in [9.17, 15) is 0 Å². The van der Waals surface area contributed by atoms with Crippen molar-refractivity contribution in [3.63, 3.8) is 0 Å². The van der Waals surface area contributed by atoms with Crippen molar-refractivity contribution in [3.8, 4) is 0 Å². The van der Waals surface area contributed by atoms with Crippen molar-refractivity contribution in [2.24, 2.45) is 11.8 Å². The number of nitrogens with one attached hydrogen (secondary N) is 1. The second-order valence-corrected chi connectivity index (χ2v) is 6.46. The van der Waals surface area contributed by atoms with Gasteiger partial charge in [-0.3, -0.25) is 4.90 Å². The molecule has 2 aliphatic rings. The van der Waals surface area contributed by atoms with Crippen LogP contribution in [0.3, 0.4) is 0 Å². The fourth-order valence-electron chi connectivity index (χ4n) is 2.48. The standard InChI is InChI=1S/C15H30N2/c1-13(2)4-3-9-16-10-11-17(15-7-8-15)12-14-5-6-14/h13-16H,3-12H2,1-2H3. The van der Waals surface area contributed by atoms with Crippen LogP contribution in [0, 0.1) is 11.8 Å². The average Bonchev–Trinajstić information content (AvgIpc) is 3.14. The van der Waals surface area contributed by atoms with Crippen molar-refractivity contribution >= 4 is 0 Å². The molecule has 0 aromatic rings. The third kappa shape index (κ3) is 5.87. The molecule has 2 aliphatic carbocycles. The van der Waals surface area contributed by atoms with Crippen molar-refractivity contribution in [2.75, 3.05) is 26.2 Å². The summed E-state index contributed by atoms with van der Waals surface area (Å²) in [4.78, 5) is 2.74. The summed E-state index contributed by atoms with van der Waals surface area (Å²) in [6.45, 7) is 9.69. The van der Waals surface area contributed by atoms with Gasteiger partial charge in [-0.15, -0.1) is 0 Å². The summed E-state index contributed by atoms with van der Waals surface area (Å²) < 4.78 is 0. The summed E-state index contributed by atoms with van der Waals surface area (Å²) in [5, 5.41) is 3.61. The quantitative estimate of drug-likeness (QED) is 0.589. The van der Waals surface area contributed by atoms with Crippen LogP contribution < -0.4 is 5.32 Å². The molecule has 2 nitrogen and oxygen atoms in total. The predicted octanol–water partition coefficient (Wildman–Crippen LogP) is 2.89. The maximum Gasteiger partial charge on any atom is 0.0110 e. The van der Waals surface area contributed by atoms with Crippen molar-refractivity contribution in [2.45, 2.75) is 58.4 Å². The minimum absolute atomic E-state index is 0.856. The highest BCUT2D eigenvalue weighted by Gasteiger charge is 2.32. The van der Waals surface area contributed by atoms with E-state index < -0.39 is 0 Å². The Hall–Kier alpha value is -0.0800. The monoisotopic (exact) mass is 238 g/mol. The van der Waals surface area contributed by atoms with Gasteiger partial charge < -0.3 is 5.32 Å². The average molecular weight is 238 g/mol. The van der Waals surface area contributed by atoms with Crippen molar-refractivity contribution in [1.82, 2.24) is 10.2 Å². The molecule has 0 amide bonds. The molecule has 0 saturated heterocycles. The first kappa shape index (κ1) is 13.4. The number of nitrogens with zero attached hydrogens (tertiary/aromatic N) is 1. The summed E-state index contributed by atoms with van der Waals surface area (Å²) in [5.41, 5.74) is 0. The van der Waals surface area contributed by atoms with Gasteiger partial charge in [-0.2, -0.15) is 0 Å². The van der Waals surface area contributed by atoms with E-state index >= 15 is 0 Å². The Morgan fingerprint density at radius 2 is 1.88 bits per heavy atom. The van der Waals surface area contributed by atoms with Crippen LogP contribution in [-0.2, 0) is 0 Å². The highest BCUT2D eigenvalue weighted by molar-refractivity contribution is 4.88. The van der Waals surface area contributed by atoms with Gasteiger partial charge in [0.05, 0.1) is 0 Å². The molecule has 2 fully saturated rings. The summed E-state index contributed by atoms with van der Waals surface area (Å²) in [5.74, 6) is 1.91. The van der Waals surface area contributed by atoms with E-state index in [1.165, 1.54) is 64.7 Å². The first-order valence-corrected chi connectivity index (χ1v) is 7.70. The lowest BCUT2D eigenvalue weighted by Gasteiger charge is -2.22. The molecule has 100 valence electrons. The van der Waals surface area contributed by atoms with Gasteiger partial charge >= 0.3 is 0 Å². The fourth-order valence-corrected chi connectivity index (χ4v) is 2.48. The minimum atomic E-state index is 0.856. The Bertz CT molecular complexity index is 207.